The molecule has 0 bridgehead atoms. The van der Waals surface area contributed by atoms with Crippen LogP contribution in [0, 0.1) is 13.8 Å². The van der Waals surface area contributed by atoms with Gasteiger partial charge in [0.25, 0.3) is 0 Å². The maximum atomic E-state index is 5.34. The predicted molar refractivity (Wildman–Crippen MR) is 77.4 cm³/mol. The third-order valence-electron chi connectivity index (χ3n) is 3.11. The van der Waals surface area contributed by atoms with Crippen molar-refractivity contribution in [1.82, 2.24) is 9.78 Å². The van der Waals surface area contributed by atoms with Gasteiger partial charge in [0.1, 0.15) is 5.75 Å². The third kappa shape index (κ3) is 2.25. The first kappa shape index (κ1) is 13.0. The average molecular weight is 262 g/mol. The Balaban J connectivity index is 2.56. The summed E-state index contributed by atoms with van der Waals surface area (Å²) in [6, 6.07) is 6.30. The summed E-state index contributed by atoms with van der Waals surface area (Å²) in [7, 11) is 3.66. The van der Waals surface area contributed by atoms with Crippen LogP contribution in [0.2, 0.25) is 0 Å². The van der Waals surface area contributed by atoms with Crippen LogP contribution in [0.5, 0.6) is 5.75 Å². The number of ether oxygens (including phenoxy) is 1. The molecule has 18 heavy (non-hydrogen) atoms. The van der Waals surface area contributed by atoms with Crippen LogP contribution < -0.4 is 4.74 Å². The van der Waals surface area contributed by atoms with Gasteiger partial charge >= 0.3 is 0 Å². The van der Waals surface area contributed by atoms with E-state index >= 15 is 0 Å². The normalized spacial score (nSPS) is 10.7. The Bertz CT molecular complexity index is 575. The molecule has 0 fully saturated rings. The van der Waals surface area contributed by atoms with Crippen LogP contribution in [0.4, 0.5) is 0 Å². The lowest BCUT2D eigenvalue weighted by molar-refractivity contribution is 0.411. The van der Waals surface area contributed by atoms with E-state index in [2.05, 4.69) is 49.8 Å². The van der Waals surface area contributed by atoms with Crippen LogP contribution in [0.1, 0.15) is 16.8 Å². The van der Waals surface area contributed by atoms with Gasteiger partial charge in [0.05, 0.1) is 18.5 Å². The topological polar surface area (TPSA) is 27.1 Å². The first-order valence-corrected chi connectivity index (χ1v) is 6.49. The molecule has 1 aromatic heterocycles. The van der Waals surface area contributed by atoms with Gasteiger partial charge in [0.2, 0.25) is 0 Å². The van der Waals surface area contributed by atoms with Gasteiger partial charge in [-0.3, -0.25) is 4.68 Å². The number of rotatable bonds is 3. The van der Waals surface area contributed by atoms with Crippen molar-refractivity contribution >= 4 is 12.6 Å². The Hall–Kier alpha value is -1.42. The molecule has 0 saturated heterocycles. The average Bonchev–Trinajstić information content (AvgIpc) is 2.73. The zero-order chi connectivity index (χ0) is 13.3. The summed E-state index contributed by atoms with van der Waals surface area (Å²) >= 11 is 4.26. The molecule has 0 atom stereocenters. The fourth-order valence-electron chi connectivity index (χ4n) is 2.14. The minimum atomic E-state index is 0.655. The molecule has 4 heteroatoms. The van der Waals surface area contributed by atoms with Crippen molar-refractivity contribution in [2.75, 3.05) is 7.11 Å². The van der Waals surface area contributed by atoms with E-state index < -0.39 is 0 Å². The lowest BCUT2D eigenvalue weighted by Crippen LogP contribution is -1.97. The lowest BCUT2D eigenvalue weighted by atomic mass is 10.0. The van der Waals surface area contributed by atoms with Crippen LogP contribution in [0.3, 0.4) is 0 Å². The van der Waals surface area contributed by atoms with Gasteiger partial charge in [0, 0.05) is 18.4 Å². The highest BCUT2D eigenvalue weighted by Gasteiger charge is 2.11. The number of aromatic nitrogens is 2. The van der Waals surface area contributed by atoms with Crippen LogP contribution in [0.15, 0.2) is 18.2 Å². The van der Waals surface area contributed by atoms with E-state index in [-0.39, 0.29) is 0 Å². The summed E-state index contributed by atoms with van der Waals surface area (Å²) in [6.45, 7) is 4.14. The molecule has 0 amide bonds. The first-order valence-electron chi connectivity index (χ1n) is 5.86. The van der Waals surface area contributed by atoms with Crippen LogP contribution >= 0.6 is 12.6 Å². The van der Waals surface area contributed by atoms with Crippen LogP contribution in [-0.2, 0) is 12.8 Å². The predicted octanol–water partition coefficient (Wildman–Crippen LogP) is 3.14. The highest BCUT2D eigenvalue weighted by atomic mass is 32.1. The second-order valence-electron chi connectivity index (χ2n) is 4.44. The number of methoxy groups -OCH3 is 1. The van der Waals surface area contributed by atoms with Gasteiger partial charge in [-0.15, -0.1) is 0 Å². The van der Waals surface area contributed by atoms with Crippen LogP contribution in [-0.4, -0.2) is 16.9 Å². The number of nitrogens with zero attached hydrogens (tertiary/aromatic N) is 2. The van der Waals surface area contributed by atoms with Gasteiger partial charge in [-0.2, -0.15) is 17.7 Å². The molecule has 2 rings (SSSR count). The third-order valence-corrected chi connectivity index (χ3v) is 3.43. The zero-order valence-electron chi connectivity index (χ0n) is 11.2. The molecule has 1 heterocycles. The standard InChI is InChI=1S/C14H18N2OS/c1-9-6-14(17-4)10(2)5-12(9)13-7-11(8-18)15-16(13)3/h5-7,18H,8H2,1-4H3. The molecule has 0 saturated carbocycles. The van der Waals surface area contributed by atoms with Crippen molar-refractivity contribution in [3.05, 3.63) is 35.0 Å². The molecular formula is C14H18N2OS. The number of aryl methyl sites for hydroxylation is 3. The Kier molecular flexibility index (Phi) is 3.66. The molecule has 1 aromatic carbocycles. The quantitative estimate of drug-likeness (QED) is 0.860. The second kappa shape index (κ2) is 5.06. The van der Waals surface area contributed by atoms with Crippen molar-refractivity contribution in [3.63, 3.8) is 0 Å². The minimum absolute atomic E-state index is 0.655. The molecule has 0 unspecified atom stereocenters. The SMILES string of the molecule is COc1cc(C)c(-c2cc(CS)nn2C)cc1C. The van der Waals surface area contributed by atoms with Crippen molar-refractivity contribution < 1.29 is 4.74 Å². The first-order chi connectivity index (χ1) is 8.56. The molecule has 3 nitrogen and oxygen atoms in total. The van der Waals surface area contributed by atoms with E-state index in [0.29, 0.717) is 5.75 Å². The Morgan fingerprint density at radius 1 is 1.22 bits per heavy atom. The summed E-state index contributed by atoms with van der Waals surface area (Å²) in [6.07, 6.45) is 0. The van der Waals surface area contributed by atoms with E-state index in [4.69, 9.17) is 4.74 Å². The molecule has 0 radical (unpaired) electrons. The molecule has 0 aliphatic rings. The summed E-state index contributed by atoms with van der Waals surface area (Å²) in [4.78, 5) is 0. The summed E-state index contributed by atoms with van der Waals surface area (Å²) in [5.41, 5.74) is 5.61. The molecule has 96 valence electrons. The molecule has 2 aromatic rings. The maximum absolute atomic E-state index is 5.34. The van der Waals surface area contributed by atoms with Crippen molar-refractivity contribution in [1.29, 1.82) is 0 Å². The van der Waals surface area contributed by atoms with Gasteiger partial charge < -0.3 is 4.74 Å². The van der Waals surface area contributed by atoms with Crippen molar-refractivity contribution in [3.8, 4) is 17.0 Å². The van der Waals surface area contributed by atoms with Crippen molar-refractivity contribution in [2.24, 2.45) is 7.05 Å². The second-order valence-corrected chi connectivity index (χ2v) is 4.76. The number of thiol groups is 1. The monoisotopic (exact) mass is 262 g/mol. The van der Waals surface area contributed by atoms with Crippen LogP contribution in [0.25, 0.3) is 11.3 Å². The Morgan fingerprint density at radius 2 is 1.94 bits per heavy atom. The van der Waals surface area contributed by atoms with Crippen molar-refractivity contribution in [2.45, 2.75) is 19.6 Å². The minimum Gasteiger partial charge on any atom is -0.496 e. The highest BCUT2D eigenvalue weighted by molar-refractivity contribution is 7.79. The Morgan fingerprint density at radius 3 is 2.50 bits per heavy atom. The fourth-order valence-corrected chi connectivity index (χ4v) is 2.30. The van der Waals surface area contributed by atoms with E-state index in [9.17, 15) is 0 Å². The van der Waals surface area contributed by atoms with E-state index in [1.54, 1.807) is 7.11 Å². The van der Waals surface area contributed by atoms with E-state index in [1.807, 2.05) is 11.7 Å². The summed E-state index contributed by atoms with van der Waals surface area (Å²) in [5, 5.41) is 4.43. The van der Waals surface area contributed by atoms with Gasteiger partial charge in [-0.25, -0.2) is 0 Å². The smallest absolute Gasteiger partial charge is 0.122 e. The lowest BCUT2D eigenvalue weighted by Gasteiger charge is -2.11. The summed E-state index contributed by atoms with van der Waals surface area (Å²) < 4.78 is 7.24. The zero-order valence-corrected chi connectivity index (χ0v) is 12.1. The number of benzene rings is 1. The highest BCUT2D eigenvalue weighted by Crippen LogP contribution is 2.30. The van der Waals surface area contributed by atoms with Gasteiger partial charge in [-0.05, 0) is 43.2 Å². The number of hydrogen-bond donors (Lipinski definition) is 1. The van der Waals surface area contributed by atoms with Gasteiger partial charge in [-0.1, -0.05) is 0 Å². The number of hydrogen-bond acceptors (Lipinski definition) is 3. The molecular weight excluding hydrogens is 244 g/mol. The Labute approximate surface area is 113 Å². The largest absolute Gasteiger partial charge is 0.496 e. The van der Waals surface area contributed by atoms with E-state index in [1.165, 1.54) is 11.1 Å². The molecule has 0 aliphatic heterocycles. The summed E-state index contributed by atoms with van der Waals surface area (Å²) in [5.74, 6) is 1.58. The molecule has 0 N–H and O–H groups in total. The fraction of sp³-hybridized carbons (Fsp3) is 0.357. The van der Waals surface area contributed by atoms with E-state index in [0.717, 1.165) is 22.7 Å². The molecule has 0 aliphatic carbocycles. The van der Waals surface area contributed by atoms with Gasteiger partial charge in [0.15, 0.2) is 0 Å². The molecule has 0 spiro atoms. The maximum Gasteiger partial charge on any atom is 0.122 e.